The molecule has 1 N–H and O–H groups in total. The van der Waals surface area contributed by atoms with Crippen LogP contribution in [-0.4, -0.2) is 51.3 Å². The average Bonchev–Trinajstić information content (AvgIpc) is 3.23. The van der Waals surface area contributed by atoms with Crippen LogP contribution in [0.1, 0.15) is 36.1 Å². The molecular weight excluding hydrogens is 448 g/mol. The first-order chi connectivity index (χ1) is 15.8. The number of carbonyl (C=O) groups is 3. The summed E-state index contributed by atoms with van der Waals surface area (Å²) in [5.41, 5.74) is 1.73. The van der Waals surface area contributed by atoms with E-state index >= 15 is 0 Å². The van der Waals surface area contributed by atoms with Crippen molar-refractivity contribution in [2.24, 2.45) is 0 Å². The topological polar surface area (TPSA) is 113 Å². The lowest BCUT2D eigenvalue weighted by Gasteiger charge is -2.09. The van der Waals surface area contributed by atoms with Crippen molar-refractivity contribution in [2.45, 2.75) is 6.92 Å². The van der Waals surface area contributed by atoms with E-state index in [0.29, 0.717) is 27.1 Å². The maximum Gasteiger partial charge on any atom is 0.337 e. The van der Waals surface area contributed by atoms with Gasteiger partial charge in [0.1, 0.15) is 9.88 Å². The number of nitrogens with zero attached hydrogens (tertiary/aromatic N) is 1. The summed E-state index contributed by atoms with van der Waals surface area (Å²) in [5.74, 6) is -0.611. The van der Waals surface area contributed by atoms with E-state index in [2.05, 4.69) is 10.3 Å². The van der Waals surface area contributed by atoms with Gasteiger partial charge in [0.25, 0.3) is 5.91 Å². The number of methoxy groups -OCH3 is 4. The summed E-state index contributed by atoms with van der Waals surface area (Å²) < 4.78 is 20.0. The molecule has 9 nitrogen and oxygen atoms in total. The third-order valence-corrected chi connectivity index (χ3v) is 5.87. The van der Waals surface area contributed by atoms with Crippen molar-refractivity contribution in [1.29, 1.82) is 0 Å². The summed E-state index contributed by atoms with van der Waals surface area (Å²) in [7, 11) is 5.54. The van der Waals surface area contributed by atoms with E-state index < -0.39 is 17.8 Å². The van der Waals surface area contributed by atoms with Crippen molar-refractivity contribution in [3.8, 4) is 22.1 Å². The Morgan fingerprint density at radius 2 is 1.45 bits per heavy atom. The molecule has 0 aliphatic carbocycles. The molecule has 0 saturated heterocycles. The molecule has 0 saturated carbocycles. The quantitative estimate of drug-likeness (QED) is 0.516. The highest BCUT2D eigenvalue weighted by molar-refractivity contribution is 7.17. The molecule has 33 heavy (non-hydrogen) atoms. The molecule has 0 spiro atoms. The van der Waals surface area contributed by atoms with Crippen molar-refractivity contribution in [1.82, 2.24) is 4.98 Å². The molecule has 10 heteroatoms. The molecule has 0 unspecified atom stereocenters. The van der Waals surface area contributed by atoms with Gasteiger partial charge < -0.3 is 24.3 Å². The average molecular weight is 471 g/mol. The number of hydrogen-bond acceptors (Lipinski definition) is 9. The van der Waals surface area contributed by atoms with Gasteiger partial charge >= 0.3 is 11.9 Å². The fourth-order valence-corrected chi connectivity index (χ4v) is 4.02. The zero-order chi connectivity index (χ0) is 24.1. The van der Waals surface area contributed by atoms with Crippen molar-refractivity contribution < 1.29 is 33.3 Å². The Labute approximate surface area is 194 Å². The summed E-state index contributed by atoms with van der Waals surface area (Å²) in [6.07, 6.45) is 0. The van der Waals surface area contributed by atoms with Gasteiger partial charge in [-0.25, -0.2) is 14.6 Å². The van der Waals surface area contributed by atoms with Crippen LogP contribution in [0.2, 0.25) is 0 Å². The van der Waals surface area contributed by atoms with Crippen LogP contribution >= 0.6 is 11.3 Å². The lowest BCUT2D eigenvalue weighted by Crippen LogP contribution is -2.14. The summed E-state index contributed by atoms with van der Waals surface area (Å²) in [6.45, 7) is 1.72. The second-order valence-corrected chi connectivity index (χ2v) is 7.74. The predicted molar refractivity (Wildman–Crippen MR) is 122 cm³/mol. The van der Waals surface area contributed by atoms with E-state index in [1.807, 2.05) is 6.07 Å². The number of esters is 2. The van der Waals surface area contributed by atoms with Gasteiger partial charge in [0, 0.05) is 11.3 Å². The molecule has 1 aromatic heterocycles. The Hall–Kier alpha value is -3.92. The van der Waals surface area contributed by atoms with Crippen LogP contribution in [0.25, 0.3) is 10.6 Å². The van der Waals surface area contributed by atoms with Crippen LogP contribution < -0.4 is 14.8 Å². The maximum absolute atomic E-state index is 13.0. The van der Waals surface area contributed by atoms with Crippen LogP contribution in [0.15, 0.2) is 36.4 Å². The fraction of sp³-hybridized carbons (Fsp3) is 0.217. The van der Waals surface area contributed by atoms with E-state index in [-0.39, 0.29) is 16.8 Å². The van der Waals surface area contributed by atoms with Gasteiger partial charge in [-0.1, -0.05) is 0 Å². The van der Waals surface area contributed by atoms with Crippen molar-refractivity contribution in [3.05, 3.63) is 58.1 Å². The van der Waals surface area contributed by atoms with Gasteiger partial charge in [0.2, 0.25) is 0 Å². The molecule has 0 bridgehead atoms. The first kappa shape index (κ1) is 23.7. The highest BCUT2D eigenvalue weighted by Crippen LogP contribution is 2.35. The maximum atomic E-state index is 13.0. The normalized spacial score (nSPS) is 10.3. The second-order valence-electron chi connectivity index (χ2n) is 6.74. The van der Waals surface area contributed by atoms with Crippen LogP contribution in [0.3, 0.4) is 0 Å². The molecule has 0 fully saturated rings. The molecule has 2 aromatic carbocycles. The standard InChI is InChI=1S/C23H22N2O7S/c1-12-19(33-21(24-12)13-6-7-17(29-2)18(11-13)30-3)20(26)25-16-9-14(22(27)31-4)8-15(10-16)23(28)32-5/h6-11H,1-5H3,(H,25,26). The smallest absolute Gasteiger partial charge is 0.337 e. The minimum Gasteiger partial charge on any atom is -0.493 e. The largest absolute Gasteiger partial charge is 0.493 e. The number of nitrogens with one attached hydrogen (secondary N) is 1. The molecule has 3 aromatic rings. The first-order valence-corrected chi connectivity index (χ1v) is 10.5. The number of amides is 1. The molecule has 172 valence electrons. The van der Waals surface area contributed by atoms with Crippen LogP contribution in [0.5, 0.6) is 11.5 Å². The van der Waals surface area contributed by atoms with E-state index in [1.54, 1.807) is 33.3 Å². The Morgan fingerprint density at radius 3 is 2.00 bits per heavy atom. The van der Waals surface area contributed by atoms with E-state index in [1.165, 1.54) is 43.8 Å². The van der Waals surface area contributed by atoms with Crippen molar-refractivity contribution in [3.63, 3.8) is 0 Å². The van der Waals surface area contributed by atoms with E-state index in [4.69, 9.17) is 18.9 Å². The van der Waals surface area contributed by atoms with Crippen molar-refractivity contribution >= 4 is 34.9 Å². The molecule has 0 aliphatic rings. The number of rotatable bonds is 7. The summed E-state index contributed by atoms with van der Waals surface area (Å²) >= 11 is 1.20. The number of benzene rings is 2. The lowest BCUT2D eigenvalue weighted by molar-refractivity contribution is 0.0599. The monoisotopic (exact) mass is 470 g/mol. The number of aromatic nitrogens is 1. The van der Waals surface area contributed by atoms with Gasteiger partial charge in [-0.15, -0.1) is 11.3 Å². The minimum absolute atomic E-state index is 0.0998. The van der Waals surface area contributed by atoms with Crippen molar-refractivity contribution in [2.75, 3.05) is 33.8 Å². The Morgan fingerprint density at radius 1 is 0.848 bits per heavy atom. The molecule has 3 rings (SSSR count). The fourth-order valence-electron chi connectivity index (χ4n) is 3.06. The summed E-state index contributed by atoms with van der Waals surface area (Å²) in [6, 6.07) is 9.53. The van der Waals surface area contributed by atoms with Crippen LogP contribution in [0, 0.1) is 6.92 Å². The molecule has 0 atom stereocenters. The number of anilines is 1. The predicted octanol–water partition coefficient (Wildman–Crippen LogP) is 3.96. The third-order valence-electron chi connectivity index (χ3n) is 4.67. The number of aryl methyl sites for hydroxylation is 1. The molecule has 0 radical (unpaired) electrons. The Bertz CT molecular complexity index is 1190. The number of hydrogen-bond donors (Lipinski definition) is 1. The number of ether oxygens (including phenoxy) is 4. The van der Waals surface area contributed by atoms with Gasteiger partial charge in [-0.3, -0.25) is 4.79 Å². The zero-order valence-corrected chi connectivity index (χ0v) is 19.5. The van der Waals surface area contributed by atoms with E-state index in [0.717, 1.165) is 5.56 Å². The lowest BCUT2D eigenvalue weighted by atomic mass is 10.1. The molecule has 1 heterocycles. The second kappa shape index (κ2) is 10.1. The van der Waals surface area contributed by atoms with Gasteiger partial charge in [0.15, 0.2) is 11.5 Å². The third kappa shape index (κ3) is 5.12. The highest BCUT2D eigenvalue weighted by Gasteiger charge is 2.20. The van der Waals surface area contributed by atoms with Crippen LogP contribution in [0.4, 0.5) is 5.69 Å². The van der Waals surface area contributed by atoms with Gasteiger partial charge in [-0.05, 0) is 43.3 Å². The zero-order valence-electron chi connectivity index (χ0n) is 18.7. The Kier molecular flexibility index (Phi) is 7.29. The highest BCUT2D eigenvalue weighted by atomic mass is 32.1. The van der Waals surface area contributed by atoms with Gasteiger partial charge in [-0.2, -0.15) is 0 Å². The van der Waals surface area contributed by atoms with Crippen LogP contribution in [-0.2, 0) is 9.47 Å². The molecule has 1 amide bonds. The summed E-state index contributed by atoms with van der Waals surface area (Å²) in [5, 5.41) is 3.34. The minimum atomic E-state index is -0.652. The molecular formula is C23H22N2O7S. The van der Waals surface area contributed by atoms with E-state index in [9.17, 15) is 14.4 Å². The summed E-state index contributed by atoms with van der Waals surface area (Å²) in [4.78, 5) is 41.8. The Balaban J connectivity index is 1.92. The number of carbonyl (C=O) groups excluding carboxylic acids is 3. The number of thiazole rings is 1. The molecule has 0 aliphatic heterocycles. The first-order valence-electron chi connectivity index (χ1n) is 9.64. The SMILES string of the molecule is COC(=O)c1cc(NC(=O)c2sc(-c3ccc(OC)c(OC)c3)nc2C)cc(C(=O)OC)c1. The van der Waals surface area contributed by atoms with Gasteiger partial charge in [0.05, 0.1) is 45.3 Å².